The molecule has 1 aromatic rings. The quantitative estimate of drug-likeness (QED) is 0.896. The summed E-state index contributed by atoms with van der Waals surface area (Å²) in [6.45, 7) is 4.07. The number of sulfonamides is 1. The first-order chi connectivity index (χ1) is 8.58. The molecule has 1 aromatic carbocycles. The molecular formula is C12H18F2N2O2S. The third-order valence-corrected chi connectivity index (χ3v) is 4.53. The predicted octanol–water partition coefficient (Wildman–Crippen LogP) is 1.57. The summed E-state index contributed by atoms with van der Waals surface area (Å²) in [5.41, 5.74) is 5.12. The maximum atomic E-state index is 13.1. The maximum Gasteiger partial charge on any atom is 0.243 e. The molecule has 0 atom stereocenters. The van der Waals surface area contributed by atoms with Gasteiger partial charge in [-0.15, -0.1) is 0 Å². The van der Waals surface area contributed by atoms with E-state index in [0.717, 1.165) is 16.4 Å². The predicted molar refractivity (Wildman–Crippen MR) is 69.0 cm³/mol. The minimum Gasteiger partial charge on any atom is -0.330 e. The largest absolute Gasteiger partial charge is 0.330 e. The molecule has 0 aliphatic rings. The van der Waals surface area contributed by atoms with Gasteiger partial charge in [-0.05, 0) is 24.1 Å². The molecule has 0 aliphatic heterocycles. The van der Waals surface area contributed by atoms with E-state index in [2.05, 4.69) is 0 Å². The molecule has 2 N–H and O–H groups in total. The fraction of sp³-hybridized carbons (Fsp3) is 0.500. The molecule has 1 rings (SSSR count). The fourth-order valence-corrected chi connectivity index (χ4v) is 3.01. The summed E-state index contributed by atoms with van der Waals surface area (Å²) in [6.07, 6.45) is 0. The molecule has 0 aliphatic carbocycles. The van der Waals surface area contributed by atoms with Crippen LogP contribution in [0.3, 0.4) is 0 Å². The lowest BCUT2D eigenvalue weighted by atomic mass is 9.94. The molecule has 0 bridgehead atoms. The van der Waals surface area contributed by atoms with Crippen molar-refractivity contribution in [3.8, 4) is 0 Å². The number of benzene rings is 1. The van der Waals surface area contributed by atoms with Gasteiger partial charge < -0.3 is 5.73 Å². The Morgan fingerprint density at radius 1 is 1.21 bits per heavy atom. The van der Waals surface area contributed by atoms with E-state index in [9.17, 15) is 17.2 Å². The van der Waals surface area contributed by atoms with Crippen LogP contribution in [0.15, 0.2) is 23.1 Å². The molecule has 0 spiro atoms. The molecule has 7 heteroatoms. The molecule has 108 valence electrons. The molecule has 0 fully saturated rings. The topological polar surface area (TPSA) is 63.4 Å². The standard InChI is InChI=1S/C12H18F2N2O2S/c1-12(2,7-15)8-16(3)19(17,18)11-5-9(13)4-10(14)6-11/h4-6H,7-8,15H2,1-3H3. The van der Waals surface area contributed by atoms with Crippen LogP contribution in [0.1, 0.15) is 13.8 Å². The number of nitrogens with two attached hydrogens (primary N) is 1. The second kappa shape index (κ2) is 5.52. The van der Waals surface area contributed by atoms with E-state index < -0.39 is 32.0 Å². The Morgan fingerprint density at radius 2 is 1.68 bits per heavy atom. The lowest BCUT2D eigenvalue weighted by Gasteiger charge is -2.28. The van der Waals surface area contributed by atoms with Crippen LogP contribution in [-0.4, -0.2) is 32.9 Å². The van der Waals surface area contributed by atoms with Crippen molar-refractivity contribution >= 4 is 10.0 Å². The molecule has 0 saturated carbocycles. The summed E-state index contributed by atoms with van der Waals surface area (Å²) >= 11 is 0. The van der Waals surface area contributed by atoms with Crippen LogP contribution in [0.5, 0.6) is 0 Å². The highest BCUT2D eigenvalue weighted by Crippen LogP contribution is 2.21. The summed E-state index contributed by atoms with van der Waals surface area (Å²) in [7, 11) is -2.57. The number of halogens is 2. The average Bonchev–Trinajstić information content (AvgIpc) is 2.27. The van der Waals surface area contributed by atoms with Crippen LogP contribution in [0, 0.1) is 17.0 Å². The first-order valence-corrected chi connectivity index (χ1v) is 7.15. The summed E-state index contributed by atoms with van der Waals surface area (Å²) in [5.74, 6) is -1.85. The van der Waals surface area contributed by atoms with E-state index in [0.29, 0.717) is 12.6 Å². The van der Waals surface area contributed by atoms with Crippen molar-refractivity contribution in [2.24, 2.45) is 11.1 Å². The number of hydrogen-bond donors (Lipinski definition) is 1. The molecule has 0 amide bonds. The highest BCUT2D eigenvalue weighted by atomic mass is 32.2. The molecular weight excluding hydrogens is 274 g/mol. The van der Waals surface area contributed by atoms with Crippen molar-refractivity contribution in [2.75, 3.05) is 20.1 Å². The number of nitrogens with zero attached hydrogens (tertiary/aromatic N) is 1. The minimum atomic E-state index is -3.93. The van der Waals surface area contributed by atoms with E-state index >= 15 is 0 Å². The summed E-state index contributed by atoms with van der Waals surface area (Å²) in [6, 6.07) is 2.22. The molecule has 19 heavy (non-hydrogen) atoms. The Labute approximate surface area is 112 Å². The minimum absolute atomic E-state index is 0.157. The highest BCUT2D eigenvalue weighted by Gasteiger charge is 2.27. The highest BCUT2D eigenvalue weighted by molar-refractivity contribution is 7.89. The van der Waals surface area contributed by atoms with E-state index in [1.807, 2.05) is 13.8 Å². The summed E-state index contributed by atoms with van der Waals surface area (Å²) in [4.78, 5) is -0.402. The molecule has 4 nitrogen and oxygen atoms in total. The van der Waals surface area contributed by atoms with Crippen molar-refractivity contribution in [3.63, 3.8) is 0 Å². The van der Waals surface area contributed by atoms with Crippen molar-refractivity contribution in [1.82, 2.24) is 4.31 Å². The zero-order valence-electron chi connectivity index (χ0n) is 11.2. The third kappa shape index (κ3) is 3.95. The Bertz CT molecular complexity index is 539. The monoisotopic (exact) mass is 292 g/mol. The second-order valence-corrected chi connectivity index (χ2v) is 7.28. The zero-order chi connectivity index (χ0) is 14.8. The van der Waals surface area contributed by atoms with Crippen LogP contribution in [0.4, 0.5) is 8.78 Å². The maximum absolute atomic E-state index is 13.1. The van der Waals surface area contributed by atoms with Gasteiger partial charge in [-0.2, -0.15) is 0 Å². The zero-order valence-corrected chi connectivity index (χ0v) is 12.0. The van der Waals surface area contributed by atoms with Crippen LogP contribution in [0.2, 0.25) is 0 Å². The fourth-order valence-electron chi connectivity index (χ4n) is 1.61. The lowest BCUT2D eigenvalue weighted by molar-refractivity contribution is 0.292. The Morgan fingerprint density at radius 3 is 2.11 bits per heavy atom. The van der Waals surface area contributed by atoms with Gasteiger partial charge in [-0.1, -0.05) is 13.8 Å². The summed E-state index contributed by atoms with van der Waals surface area (Å²) < 4.78 is 51.6. The summed E-state index contributed by atoms with van der Waals surface area (Å²) in [5, 5.41) is 0. The van der Waals surface area contributed by atoms with Gasteiger partial charge in [-0.3, -0.25) is 0 Å². The lowest BCUT2D eigenvalue weighted by Crippen LogP contribution is -2.39. The SMILES string of the molecule is CN(CC(C)(C)CN)S(=O)(=O)c1cc(F)cc(F)c1. The first kappa shape index (κ1) is 16.0. The average molecular weight is 292 g/mol. The Balaban J connectivity index is 3.10. The third-order valence-electron chi connectivity index (χ3n) is 2.75. The van der Waals surface area contributed by atoms with Gasteiger partial charge in [-0.25, -0.2) is 21.5 Å². The van der Waals surface area contributed by atoms with Crippen LogP contribution in [-0.2, 0) is 10.0 Å². The Kier molecular flexibility index (Phi) is 4.65. The van der Waals surface area contributed by atoms with Crippen LogP contribution >= 0.6 is 0 Å². The van der Waals surface area contributed by atoms with Gasteiger partial charge in [0.05, 0.1) is 4.90 Å². The van der Waals surface area contributed by atoms with Crippen molar-refractivity contribution in [3.05, 3.63) is 29.8 Å². The van der Waals surface area contributed by atoms with Gasteiger partial charge in [0.2, 0.25) is 10.0 Å². The van der Waals surface area contributed by atoms with E-state index in [1.165, 1.54) is 7.05 Å². The van der Waals surface area contributed by atoms with Crippen molar-refractivity contribution in [1.29, 1.82) is 0 Å². The number of rotatable bonds is 5. The van der Waals surface area contributed by atoms with Crippen molar-refractivity contribution < 1.29 is 17.2 Å². The molecule has 0 radical (unpaired) electrons. The van der Waals surface area contributed by atoms with Gasteiger partial charge in [0.25, 0.3) is 0 Å². The smallest absolute Gasteiger partial charge is 0.243 e. The van der Waals surface area contributed by atoms with Gasteiger partial charge in [0, 0.05) is 19.7 Å². The second-order valence-electron chi connectivity index (χ2n) is 5.23. The van der Waals surface area contributed by atoms with Crippen molar-refractivity contribution in [2.45, 2.75) is 18.7 Å². The number of hydrogen-bond acceptors (Lipinski definition) is 3. The normalized spacial score (nSPS) is 13.0. The molecule has 0 saturated heterocycles. The van der Waals surface area contributed by atoms with Crippen LogP contribution in [0.25, 0.3) is 0 Å². The van der Waals surface area contributed by atoms with Crippen LogP contribution < -0.4 is 5.73 Å². The Hall–Kier alpha value is -1.05. The van der Waals surface area contributed by atoms with E-state index in [1.54, 1.807) is 0 Å². The van der Waals surface area contributed by atoms with Gasteiger partial charge in [0.1, 0.15) is 11.6 Å². The first-order valence-electron chi connectivity index (χ1n) is 5.71. The molecule has 0 aromatic heterocycles. The van der Waals surface area contributed by atoms with E-state index in [-0.39, 0.29) is 6.54 Å². The molecule has 0 unspecified atom stereocenters. The molecule has 0 heterocycles. The van der Waals surface area contributed by atoms with Gasteiger partial charge in [0.15, 0.2) is 0 Å². The van der Waals surface area contributed by atoms with Gasteiger partial charge >= 0.3 is 0 Å². The van der Waals surface area contributed by atoms with E-state index in [4.69, 9.17) is 5.73 Å².